The van der Waals surface area contributed by atoms with Gasteiger partial charge in [-0.2, -0.15) is 0 Å². The average molecular weight is 327 g/mol. The van der Waals surface area contributed by atoms with Gasteiger partial charge in [0.15, 0.2) is 0 Å². The minimum Gasteiger partial charge on any atom is -0.480 e. The summed E-state index contributed by atoms with van der Waals surface area (Å²) in [6, 6.07) is 11.4. The molecule has 0 saturated carbocycles. The van der Waals surface area contributed by atoms with Crippen LogP contribution in [0.2, 0.25) is 0 Å². The zero-order chi connectivity index (χ0) is 17.3. The van der Waals surface area contributed by atoms with Crippen LogP contribution in [0.1, 0.15) is 11.3 Å². The topological polar surface area (TPSA) is 91.6 Å². The lowest BCUT2D eigenvalue weighted by molar-refractivity contribution is -0.137. The number of benzene rings is 1. The molecule has 7 heteroatoms. The van der Waals surface area contributed by atoms with Gasteiger partial charge in [0.2, 0.25) is 5.91 Å². The molecule has 2 heterocycles. The van der Waals surface area contributed by atoms with Crippen molar-refractivity contribution in [3.05, 3.63) is 58.0 Å². The van der Waals surface area contributed by atoms with E-state index in [1.54, 1.807) is 13.0 Å². The number of fused-ring (bicyclic) bond motifs is 1. The molecule has 3 rings (SSSR count). The molecule has 2 N–H and O–H groups in total. The Morgan fingerprint density at radius 3 is 2.62 bits per heavy atom. The van der Waals surface area contributed by atoms with Crippen molar-refractivity contribution >= 4 is 23.3 Å². The Bertz CT molecular complexity index is 858. The lowest BCUT2D eigenvalue weighted by Crippen LogP contribution is -2.42. The highest BCUT2D eigenvalue weighted by Crippen LogP contribution is 2.28. The van der Waals surface area contributed by atoms with E-state index in [1.807, 2.05) is 35.2 Å². The van der Waals surface area contributed by atoms with Crippen LogP contribution in [0.3, 0.4) is 0 Å². The van der Waals surface area contributed by atoms with Crippen LogP contribution < -0.4 is 15.8 Å². The van der Waals surface area contributed by atoms with Crippen molar-refractivity contribution < 1.29 is 14.7 Å². The number of aryl methyl sites for hydroxylation is 1. The number of pyridine rings is 1. The minimum absolute atomic E-state index is 0.133. The zero-order valence-electron chi connectivity index (χ0n) is 13.2. The molecule has 1 aliphatic rings. The second-order valence-electron chi connectivity index (χ2n) is 5.72. The number of amides is 1. The van der Waals surface area contributed by atoms with Crippen LogP contribution in [-0.2, 0) is 22.7 Å². The number of aromatic nitrogens is 1. The Hall–Kier alpha value is -3.09. The van der Waals surface area contributed by atoms with Gasteiger partial charge >= 0.3 is 5.97 Å². The number of hydrogen-bond acceptors (Lipinski definition) is 4. The molecule has 2 aromatic rings. The normalized spacial score (nSPS) is 13.4. The summed E-state index contributed by atoms with van der Waals surface area (Å²) in [5.74, 6) is -1.40. The van der Waals surface area contributed by atoms with Crippen LogP contribution in [0, 0.1) is 6.92 Å². The summed E-state index contributed by atoms with van der Waals surface area (Å²) >= 11 is 0. The number of carboxylic acid groups (broad SMARTS) is 1. The quantitative estimate of drug-likeness (QED) is 0.880. The maximum Gasteiger partial charge on any atom is 0.323 e. The third-order valence-electron chi connectivity index (χ3n) is 3.94. The molecule has 0 radical (unpaired) electrons. The van der Waals surface area contributed by atoms with Crippen LogP contribution in [0.4, 0.5) is 11.4 Å². The van der Waals surface area contributed by atoms with E-state index in [-0.39, 0.29) is 18.1 Å². The molecule has 1 aromatic carbocycles. The molecule has 0 fully saturated rings. The van der Waals surface area contributed by atoms with Gasteiger partial charge in [0.05, 0.1) is 12.2 Å². The van der Waals surface area contributed by atoms with Crippen molar-refractivity contribution in [3.8, 4) is 0 Å². The van der Waals surface area contributed by atoms with Crippen molar-refractivity contribution in [2.75, 3.05) is 16.8 Å². The lowest BCUT2D eigenvalue weighted by atomic mass is 10.1. The number of carboxylic acids is 1. The summed E-state index contributed by atoms with van der Waals surface area (Å²) in [5, 5.41) is 11.5. The SMILES string of the molecule is Cc1cc2c(c(=O)n1CC(=O)O)NC(=O)CN2Cc1ccccc1. The second kappa shape index (κ2) is 6.19. The van der Waals surface area contributed by atoms with Crippen LogP contribution in [0.15, 0.2) is 41.2 Å². The Morgan fingerprint density at radius 2 is 1.96 bits per heavy atom. The molecule has 1 aliphatic heterocycles. The van der Waals surface area contributed by atoms with Crippen molar-refractivity contribution in [1.82, 2.24) is 4.57 Å². The maximum atomic E-state index is 12.6. The van der Waals surface area contributed by atoms with Crippen molar-refractivity contribution in [1.29, 1.82) is 0 Å². The number of carbonyl (C=O) groups excluding carboxylic acids is 1. The van der Waals surface area contributed by atoms with Gasteiger partial charge in [-0.3, -0.25) is 19.0 Å². The molecule has 0 bridgehead atoms. The summed E-state index contributed by atoms with van der Waals surface area (Å²) in [5.41, 5.74) is 1.80. The summed E-state index contributed by atoms with van der Waals surface area (Å²) in [6.45, 7) is 1.88. The fourth-order valence-corrected chi connectivity index (χ4v) is 2.83. The van der Waals surface area contributed by atoms with Crippen molar-refractivity contribution in [2.24, 2.45) is 0 Å². The average Bonchev–Trinajstić information content (AvgIpc) is 2.53. The molecule has 0 aliphatic carbocycles. The fraction of sp³-hybridized carbons (Fsp3) is 0.235. The smallest absolute Gasteiger partial charge is 0.323 e. The van der Waals surface area contributed by atoms with E-state index in [0.29, 0.717) is 17.9 Å². The minimum atomic E-state index is -1.11. The van der Waals surface area contributed by atoms with E-state index in [1.165, 1.54) is 0 Å². The number of aliphatic carboxylic acids is 1. The number of hydrogen-bond donors (Lipinski definition) is 2. The summed E-state index contributed by atoms with van der Waals surface area (Å²) in [6.07, 6.45) is 0. The van der Waals surface area contributed by atoms with Gasteiger partial charge in [0.25, 0.3) is 5.56 Å². The third-order valence-corrected chi connectivity index (χ3v) is 3.94. The molecular formula is C17H17N3O4. The largest absolute Gasteiger partial charge is 0.480 e. The van der Waals surface area contributed by atoms with E-state index in [0.717, 1.165) is 10.1 Å². The Balaban J connectivity index is 2.05. The Labute approximate surface area is 138 Å². The molecule has 1 aromatic heterocycles. The monoisotopic (exact) mass is 327 g/mol. The highest BCUT2D eigenvalue weighted by atomic mass is 16.4. The van der Waals surface area contributed by atoms with Crippen molar-refractivity contribution in [2.45, 2.75) is 20.0 Å². The zero-order valence-corrected chi connectivity index (χ0v) is 13.2. The van der Waals surface area contributed by atoms with Gasteiger partial charge in [0.1, 0.15) is 12.2 Å². The Morgan fingerprint density at radius 1 is 1.25 bits per heavy atom. The molecule has 0 saturated heterocycles. The van der Waals surface area contributed by atoms with E-state index >= 15 is 0 Å². The summed E-state index contributed by atoms with van der Waals surface area (Å²) in [4.78, 5) is 37.3. The predicted octanol–water partition coefficient (Wildman–Crippen LogP) is 1.20. The highest BCUT2D eigenvalue weighted by Gasteiger charge is 2.26. The predicted molar refractivity (Wildman–Crippen MR) is 89.2 cm³/mol. The second-order valence-corrected chi connectivity index (χ2v) is 5.72. The van der Waals surface area contributed by atoms with E-state index in [4.69, 9.17) is 5.11 Å². The van der Waals surface area contributed by atoms with Gasteiger partial charge in [0, 0.05) is 12.2 Å². The first-order valence-electron chi connectivity index (χ1n) is 7.50. The van der Waals surface area contributed by atoms with Crippen molar-refractivity contribution in [3.63, 3.8) is 0 Å². The van der Waals surface area contributed by atoms with Gasteiger partial charge in [-0.05, 0) is 18.6 Å². The molecule has 0 unspecified atom stereocenters. The van der Waals surface area contributed by atoms with E-state index in [9.17, 15) is 14.4 Å². The summed E-state index contributed by atoms with van der Waals surface area (Å²) in [7, 11) is 0. The number of nitrogens with zero attached hydrogens (tertiary/aromatic N) is 2. The molecule has 0 atom stereocenters. The standard InChI is InChI=1S/C17H17N3O4/c1-11-7-13-16(17(24)20(11)10-15(22)23)18-14(21)9-19(13)8-12-5-3-2-4-6-12/h2-7H,8-10H2,1H3,(H,18,21)(H,22,23). The Kier molecular flexibility index (Phi) is 4.07. The molecule has 1 amide bonds. The number of nitrogens with one attached hydrogen (secondary N) is 1. The van der Waals surface area contributed by atoms with Gasteiger partial charge in [-0.15, -0.1) is 0 Å². The fourth-order valence-electron chi connectivity index (χ4n) is 2.83. The first-order valence-corrected chi connectivity index (χ1v) is 7.50. The van der Waals surface area contributed by atoms with Gasteiger partial charge < -0.3 is 15.3 Å². The number of rotatable bonds is 4. The van der Waals surface area contributed by atoms with E-state index in [2.05, 4.69) is 5.32 Å². The summed E-state index contributed by atoms with van der Waals surface area (Å²) < 4.78 is 1.15. The van der Waals surface area contributed by atoms with Crippen LogP contribution >= 0.6 is 0 Å². The van der Waals surface area contributed by atoms with Crippen LogP contribution in [0.25, 0.3) is 0 Å². The number of anilines is 2. The molecule has 0 spiro atoms. The van der Waals surface area contributed by atoms with Gasteiger partial charge in [-0.1, -0.05) is 30.3 Å². The highest BCUT2D eigenvalue weighted by molar-refractivity contribution is 6.00. The van der Waals surface area contributed by atoms with Crippen LogP contribution in [0.5, 0.6) is 0 Å². The first-order chi connectivity index (χ1) is 11.5. The lowest BCUT2D eigenvalue weighted by Gasteiger charge is -2.31. The number of carbonyl (C=O) groups is 2. The maximum absolute atomic E-state index is 12.6. The first kappa shape index (κ1) is 15.8. The third kappa shape index (κ3) is 3.01. The molecular weight excluding hydrogens is 310 g/mol. The van der Waals surface area contributed by atoms with Gasteiger partial charge in [-0.25, -0.2) is 0 Å². The molecule has 124 valence electrons. The van der Waals surface area contributed by atoms with E-state index < -0.39 is 18.1 Å². The molecule has 7 nitrogen and oxygen atoms in total. The van der Waals surface area contributed by atoms with Crippen LogP contribution in [-0.4, -0.2) is 28.1 Å². The molecule has 24 heavy (non-hydrogen) atoms.